The molecule has 0 aliphatic carbocycles. The van der Waals surface area contributed by atoms with Crippen LogP contribution in [0.25, 0.3) is 0 Å². The van der Waals surface area contributed by atoms with Gasteiger partial charge < -0.3 is 14.6 Å². The molecule has 0 radical (unpaired) electrons. The van der Waals surface area contributed by atoms with E-state index in [0.29, 0.717) is 22.4 Å². The van der Waals surface area contributed by atoms with Gasteiger partial charge in [0.05, 0.1) is 5.02 Å². The highest BCUT2D eigenvalue weighted by Gasteiger charge is 2.23. The van der Waals surface area contributed by atoms with Gasteiger partial charge in [0.15, 0.2) is 11.5 Å². The molecule has 2 heterocycles. The van der Waals surface area contributed by atoms with Gasteiger partial charge in [0, 0.05) is 6.54 Å². The van der Waals surface area contributed by atoms with Gasteiger partial charge in [-0.05, 0) is 67.2 Å². The number of rotatable bonds is 3. The average molecular weight is 346 g/mol. The molecule has 2 aromatic carbocycles. The van der Waals surface area contributed by atoms with Crippen LogP contribution in [0.5, 0.6) is 17.2 Å². The SMILES string of the molecule is Oc1ccc(C2CCN(Cc3cc(Cl)c4c(c3)OCO4)CC2)cc1. The summed E-state index contributed by atoms with van der Waals surface area (Å²) >= 11 is 6.26. The third kappa shape index (κ3) is 3.17. The van der Waals surface area contributed by atoms with Crippen molar-refractivity contribution in [2.45, 2.75) is 25.3 Å². The minimum absolute atomic E-state index is 0.247. The van der Waals surface area contributed by atoms with Crippen LogP contribution in [0, 0.1) is 0 Å². The van der Waals surface area contributed by atoms with Crippen molar-refractivity contribution in [2.24, 2.45) is 0 Å². The van der Waals surface area contributed by atoms with Gasteiger partial charge in [-0.25, -0.2) is 0 Å². The monoisotopic (exact) mass is 345 g/mol. The van der Waals surface area contributed by atoms with Crippen LogP contribution in [0.2, 0.25) is 5.02 Å². The maximum Gasteiger partial charge on any atom is 0.231 e. The van der Waals surface area contributed by atoms with Gasteiger partial charge in [-0.3, -0.25) is 4.90 Å². The Hall–Kier alpha value is -1.91. The zero-order chi connectivity index (χ0) is 16.5. The van der Waals surface area contributed by atoms with E-state index in [1.54, 1.807) is 12.1 Å². The summed E-state index contributed by atoms with van der Waals surface area (Å²) in [5.41, 5.74) is 2.48. The Morgan fingerprint density at radius 1 is 1.08 bits per heavy atom. The molecule has 24 heavy (non-hydrogen) atoms. The minimum atomic E-state index is 0.247. The fourth-order valence-electron chi connectivity index (χ4n) is 3.54. The number of piperidine rings is 1. The third-order valence-electron chi connectivity index (χ3n) is 4.85. The van der Waals surface area contributed by atoms with Crippen LogP contribution in [0.4, 0.5) is 0 Å². The highest BCUT2D eigenvalue weighted by atomic mass is 35.5. The second kappa shape index (κ2) is 6.54. The van der Waals surface area contributed by atoms with E-state index in [0.717, 1.165) is 43.8 Å². The van der Waals surface area contributed by atoms with Crippen molar-refractivity contribution in [2.75, 3.05) is 19.9 Å². The maximum atomic E-state index is 9.41. The molecule has 4 nitrogen and oxygen atoms in total. The molecule has 2 aliphatic rings. The number of phenols is 1. The van der Waals surface area contributed by atoms with Crippen molar-refractivity contribution >= 4 is 11.6 Å². The van der Waals surface area contributed by atoms with E-state index in [9.17, 15) is 5.11 Å². The summed E-state index contributed by atoms with van der Waals surface area (Å²) in [6.07, 6.45) is 2.26. The summed E-state index contributed by atoms with van der Waals surface area (Å²) in [4.78, 5) is 2.45. The molecule has 2 aliphatic heterocycles. The molecule has 1 fully saturated rings. The molecule has 0 saturated carbocycles. The first-order valence-electron chi connectivity index (χ1n) is 8.28. The average Bonchev–Trinajstić information content (AvgIpc) is 3.05. The van der Waals surface area contributed by atoms with Gasteiger partial charge in [0.2, 0.25) is 6.79 Å². The molecule has 0 spiro atoms. The number of aromatic hydroxyl groups is 1. The lowest BCUT2D eigenvalue weighted by atomic mass is 9.89. The number of phenolic OH excluding ortho intramolecular Hbond substituents is 1. The van der Waals surface area contributed by atoms with E-state index in [1.165, 1.54) is 5.56 Å². The van der Waals surface area contributed by atoms with Crippen molar-refractivity contribution in [3.63, 3.8) is 0 Å². The Balaban J connectivity index is 1.38. The quantitative estimate of drug-likeness (QED) is 0.907. The third-order valence-corrected chi connectivity index (χ3v) is 5.13. The molecule has 2 aromatic rings. The van der Waals surface area contributed by atoms with Crippen LogP contribution in [0.15, 0.2) is 36.4 Å². The predicted octanol–water partition coefficient (Wildman–Crippen LogP) is 4.15. The molecular formula is C19H20ClNO3. The Morgan fingerprint density at radius 3 is 2.58 bits per heavy atom. The van der Waals surface area contributed by atoms with E-state index in [2.05, 4.69) is 4.90 Å². The molecule has 1 saturated heterocycles. The van der Waals surface area contributed by atoms with Crippen molar-refractivity contribution in [3.8, 4) is 17.2 Å². The van der Waals surface area contributed by atoms with E-state index < -0.39 is 0 Å². The second-order valence-corrected chi connectivity index (χ2v) is 6.86. The number of hydrogen-bond acceptors (Lipinski definition) is 4. The van der Waals surface area contributed by atoms with Gasteiger partial charge >= 0.3 is 0 Å². The van der Waals surface area contributed by atoms with Gasteiger partial charge in [-0.2, -0.15) is 0 Å². The van der Waals surface area contributed by atoms with Crippen LogP contribution in [0.1, 0.15) is 29.9 Å². The smallest absolute Gasteiger partial charge is 0.231 e. The number of ether oxygens (including phenoxy) is 2. The largest absolute Gasteiger partial charge is 0.508 e. The first-order chi connectivity index (χ1) is 11.7. The molecule has 0 atom stereocenters. The highest BCUT2D eigenvalue weighted by Crippen LogP contribution is 2.40. The normalized spacial score (nSPS) is 18.0. The van der Waals surface area contributed by atoms with Crippen LogP contribution < -0.4 is 9.47 Å². The summed E-state index contributed by atoms with van der Waals surface area (Å²) < 4.78 is 10.8. The van der Waals surface area contributed by atoms with Crippen molar-refractivity contribution in [3.05, 3.63) is 52.5 Å². The predicted molar refractivity (Wildman–Crippen MR) is 92.9 cm³/mol. The van der Waals surface area contributed by atoms with E-state index >= 15 is 0 Å². The Morgan fingerprint density at radius 2 is 1.83 bits per heavy atom. The van der Waals surface area contributed by atoms with E-state index in [-0.39, 0.29) is 6.79 Å². The summed E-state index contributed by atoms with van der Waals surface area (Å²) in [6.45, 7) is 3.23. The minimum Gasteiger partial charge on any atom is -0.508 e. The summed E-state index contributed by atoms with van der Waals surface area (Å²) in [5.74, 6) is 2.31. The number of likely N-dealkylation sites (tertiary alicyclic amines) is 1. The van der Waals surface area contributed by atoms with Crippen LogP contribution in [-0.4, -0.2) is 29.9 Å². The molecule has 126 valence electrons. The van der Waals surface area contributed by atoms with Crippen LogP contribution >= 0.6 is 11.6 Å². The molecule has 0 amide bonds. The highest BCUT2D eigenvalue weighted by molar-refractivity contribution is 6.32. The maximum absolute atomic E-state index is 9.41. The first-order valence-corrected chi connectivity index (χ1v) is 8.66. The standard InChI is InChI=1S/C19H20ClNO3/c20-17-9-13(10-18-19(17)24-12-23-18)11-21-7-5-15(6-8-21)14-1-3-16(22)4-2-14/h1-4,9-10,15,22H,5-8,11-12H2. The van der Waals surface area contributed by atoms with Crippen LogP contribution in [0.3, 0.4) is 0 Å². The first kappa shape index (κ1) is 15.6. The molecule has 0 aromatic heterocycles. The summed E-state index contributed by atoms with van der Waals surface area (Å²) in [6, 6.07) is 11.6. The van der Waals surface area contributed by atoms with Crippen molar-refractivity contribution in [1.82, 2.24) is 4.90 Å². The molecular weight excluding hydrogens is 326 g/mol. The second-order valence-electron chi connectivity index (χ2n) is 6.45. The molecule has 4 rings (SSSR count). The van der Waals surface area contributed by atoms with Gasteiger partial charge in [-0.1, -0.05) is 23.7 Å². The number of benzene rings is 2. The zero-order valence-corrected chi connectivity index (χ0v) is 14.1. The van der Waals surface area contributed by atoms with E-state index in [1.807, 2.05) is 24.3 Å². The Labute approximate surface area is 146 Å². The summed E-state index contributed by atoms with van der Waals surface area (Å²) in [5, 5.41) is 10.0. The number of halogens is 1. The fraction of sp³-hybridized carbons (Fsp3) is 0.368. The topological polar surface area (TPSA) is 41.9 Å². The van der Waals surface area contributed by atoms with E-state index in [4.69, 9.17) is 21.1 Å². The fourth-order valence-corrected chi connectivity index (χ4v) is 3.83. The lowest BCUT2D eigenvalue weighted by Crippen LogP contribution is -2.32. The summed E-state index contributed by atoms with van der Waals surface area (Å²) in [7, 11) is 0. The molecule has 5 heteroatoms. The molecule has 0 bridgehead atoms. The van der Waals surface area contributed by atoms with Gasteiger partial charge in [-0.15, -0.1) is 0 Å². The number of nitrogens with zero attached hydrogens (tertiary/aromatic N) is 1. The number of hydrogen-bond donors (Lipinski definition) is 1. The van der Waals surface area contributed by atoms with Crippen LogP contribution in [-0.2, 0) is 6.54 Å². The van der Waals surface area contributed by atoms with Crippen molar-refractivity contribution < 1.29 is 14.6 Å². The lowest BCUT2D eigenvalue weighted by molar-refractivity contribution is 0.173. The lowest BCUT2D eigenvalue weighted by Gasteiger charge is -2.32. The molecule has 0 unspecified atom stereocenters. The van der Waals surface area contributed by atoms with Gasteiger partial charge in [0.1, 0.15) is 5.75 Å². The van der Waals surface area contributed by atoms with Gasteiger partial charge in [0.25, 0.3) is 0 Å². The Kier molecular flexibility index (Phi) is 4.25. The number of fused-ring (bicyclic) bond motifs is 1. The Bertz CT molecular complexity index is 724. The van der Waals surface area contributed by atoms with Crippen molar-refractivity contribution in [1.29, 1.82) is 0 Å². The zero-order valence-electron chi connectivity index (χ0n) is 13.4. The molecule has 1 N–H and O–H groups in total.